The number of nitrogens with zero attached hydrogens (tertiary/aromatic N) is 3. The summed E-state index contributed by atoms with van der Waals surface area (Å²) in [6, 6.07) is -0.0595. The molecule has 0 aromatic carbocycles. The molecule has 3 rings (SSSR count). The Balaban J connectivity index is 1.74. The molecule has 9 heteroatoms. The van der Waals surface area contributed by atoms with Crippen LogP contribution in [-0.2, 0) is 13.0 Å². The zero-order chi connectivity index (χ0) is 15.9. The molecule has 1 unspecified atom stereocenters. The van der Waals surface area contributed by atoms with E-state index in [1.807, 2.05) is 13.8 Å². The van der Waals surface area contributed by atoms with Crippen molar-refractivity contribution in [2.75, 3.05) is 0 Å². The molecule has 2 aromatic rings. The van der Waals surface area contributed by atoms with Crippen LogP contribution in [0.3, 0.4) is 0 Å². The molecule has 0 saturated heterocycles. The van der Waals surface area contributed by atoms with Gasteiger partial charge in [-0.1, -0.05) is 25.4 Å². The predicted octanol–water partition coefficient (Wildman–Crippen LogP) is 1.55. The molecule has 1 aliphatic heterocycles. The third kappa shape index (κ3) is 2.80. The van der Waals surface area contributed by atoms with E-state index in [1.54, 1.807) is 4.57 Å². The number of aromatic nitrogens is 4. The summed E-state index contributed by atoms with van der Waals surface area (Å²) in [5, 5.41) is 9.38. The molecule has 22 heavy (non-hydrogen) atoms. The van der Waals surface area contributed by atoms with Crippen molar-refractivity contribution >= 4 is 28.8 Å². The monoisotopic (exact) mass is 341 g/mol. The largest absolute Gasteiger partial charge is 0.347 e. The summed E-state index contributed by atoms with van der Waals surface area (Å²) in [6.07, 6.45) is 1.21. The minimum Gasteiger partial charge on any atom is -0.347 e. The molecule has 0 aliphatic carbocycles. The second-order valence-electron chi connectivity index (χ2n) is 5.59. The Morgan fingerprint density at radius 1 is 1.55 bits per heavy atom. The van der Waals surface area contributed by atoms with Crippen molar-refractivity contribution in [3.63, 3.8) is 0 Å². The number of carbonyl (C=O) groups is 1. The molecule has 2 N–H and O–H groups in total. The Labute approximate surface area is 135 Å². The highest BCUT2D eigenvalue weighted by molar-refractivity contribution is 7.16. The Bertz CT molecular complexity index is 763. The summed E-state index contributed by atoms with van der Waals surface area (Å²) >= 11 is 7.28. The number of fused-ring (bicyclic) bond motifs is 1. The lowest BCUT2D eigenvalue weighted by Gasteiger charge is -2.23. The van der Waals surface area contributed by atoms with E-state index in [2.05, 4.69) is 20.5 Å². The van der Waals surface area contributed by atoms with Gasteiger partial charge in [0.1, 0.15) is 11.5 Å². The number of hydrogen-bond acceptors (Lipinski definition) is 5. The molecule has 0 saturated carbocycles. The fourth-order valence-electron chi connectivity index (χ4n) is 2.58. The van der Waals surface area contributed by atoms with Gasteiger partial charge in [0.15, 0.2) is 4.47 Å². The van der Waals surface area contributed by atoms with Gasteiger partial charge in [0.05, 0.1) is 0 Å². The van der Waals surface area contributed by atoms with Crippen LogP contribution in [0.5, 0.6) is 0 Å². The number of amides is 1. The Kier molecular flexibility index (Phi) is 4.05. The number of rotatable bonds is 3. The molecular formula is C13H16ClN5O2S. The molecule has 118 valence electrons. The van der Waals surface area contributed by atoms with Crippen LogP contribution in [0.25, 0.3) is 0 Å². The van der Waals surface area contributed by atoms with Crippen LogP contribution in [0.4, 0.5) is 0 Å². The van der Waals surface area contributed by atoms with Crippen LogP contribution in [0.1, 0.15) is 47.4 Å². The summed E-state index contributed by atoms with van der Waals surface area (Å²) in [5.74, 6) is 0.638. The zero-order valence-corrected chi connectivity index (χ0v) is 13.8. The van der Waals surface area contributed by atoms with Crippen LogP contribution >= 0.6 is 22.9 Å². The lowest BCUT2D eigenvalue weighted by molar-refractivity contribution is 0.0925. The van der Waals surface area contributed by atoms with Crippen LogP contribution in [-0.4, -0.2) is 31.7 Å². The lowest BCUT2D eigenvalue weighted by Crippen LogP contribution is -2.42. The number of thiazole rings is 1. The summed E-state index contributed by atoms with van der Waals surface area (Å²) in [4.78, 5) is 28.9. The van der Waals surface area contributed by atoms with E-state index in [9.17, 15) is 9.59 Å². The number of nitrogens with one attached hydrogen (secondary N) is 2. The number of halogens is 1. The lowest BCUT2D eigenvalue weighted by atomic mass is 10.1. The maximum absolute atomic E-state index is 12.4. The molecule has 7 nitrogen and oxygen atoms in total. The minimum absolute atomic E-state index is 0.0595. The second kappa shape index (κ2) is 5.85. The fourth-order valence-corrected chi connectivity index (χ4v) is 3.70. The van der Waals surface area contributed by atoms with Crippen molar-refractivity contribution < 1.29 is 4.79 Å². The molecule has 0 bridgehead atoms. The van der Waals surface area contributed by atoms with Crippen LogP contribution in [0.15, 0.2) is 4.79 Å². The van der Waals surface area contributed by atoms with Crippen molar-refractivity contribution in [3.05, 3.63) is 31.3 Å². The minimum atomic E-state index is -0.219. The fraction of sp³-hybridized carbons (Fsp3) is 0.538. The van der Waals surface area contributed by atoms with Crippen molar-refractivity contribution in [2.24, 2.45) is 0 Å². The predicted molar refractivity (Wildman–Crippen MR) is 83.6 cm³/mol. The van der Waals surface area contributed by atoms with Crippen LogP contribution in [0, 0.1) is 0 Å². The maximum Gasteiger partial charge on any atom is 0.343 e. The number of H-pyrrole nitrogens is 1. The standard InChI is InChI=1S/C13H16ClN5O2S/c1-6(2)10-9(16-12(14)22-10)11(20)15-7-3-4-19-8(5-7)17-18-13(19)21/h6-7H,3-5H2,1-2H3,(H,15,20)(H,18,21). The summed E-state index contributed by atoms with van der Waals surface area (Å²) < 4.78 is 1.97. The molecule has 0 spiro atoms. The van der Waals surface area contributed by atoms with Crippen molar-refractivity contribution in [1.82, 2.24) is 25.1 Å². The van der Waals surface area contributed by atoms with Gasteiger partial charge in [0.25, 0.3) is 5.91 Å². The van der Waals surface area contributed by atoms with Gasteiger partial charge in [0, 0.05) is 23.9 Å². The van der Waals surface area contributed by atoms with Crippen molar-refractivity contribution in [3.8, 4) is 0 Å². The molecule has 1 atom stereocenters. The topological polar surface area (TPSA) is 92.7 Å². The number of aromatic amines is 1. The number of hydrogen-bond donors (Lipinski definition) is 2. The smallest absolute Gasteiger partial charge is 0.343 e. The first-order valence-electron chi connectivity index (χ1n) is 7.07. The Hall–Kier alpha value is -1.67. The molecule has 1 aliphatic rings. The first kappa shape index (κ1) is 15.2. The Morgan fingerprint density at radius 3 is 3.05 bits per heavy atom. The van der Waals surface area contributed by atoms with Crippen molar-refractivity contribution in [1.29, 1.82) is 0 Å². The van der Waals surface area contributed by atoms with Crippen LogP contribution in [0.2, 0.25) is 4.47 Å². The highest BCUT2D eigenvalue weighted by Crippen LogP contribution is 2.29. The maximum atomic E-state index is 12.4. The first-order valence-corrected chi connectivity index (χ1v) is 8.26. The molecule has 3 heterocycles. The van der Waals surface area contributed by atoms with E-state index in [0.717, 1.165) is 4.88 Å². The third-order valence-corrected chi connectivity index (χ3v) is 5.13. The molecule has 0 fully saturated rings. The van der Waals surface area contributed by atoms with E-state index >= 15 is 0 Å². The number of carbonyl (C=O) groups excluding carboxylic acids is 1. The summed E-state index contributed by atoms with van der Waals surface area (Å²) in [5.41, 5.74) is 0.197. The quantitative estimate of drug-likeness (QED) is 0.885. The van der Waals surface area contributed by atoms with Gasteiger partial charge in [-0.05, 0) is 12.3 Å². The van der Waals surface area contributed by atoms with Gasteiger partial charge in [-0.2, -0.15) is 5.10 Å². The van der Waals surface area contributed by atoms with Gasteiger partial charge >= 0.3 is 5.69 Å². The zero-order valence-electron chi connectivity index (χ0n) is 12.2. The van der Waals surface area contributed by atoms with Gasteiger partial charge < -0.3 is 5.32 Å². The summed E-state index contributed by atoms with van der Waals surface area (Å²) in [7, 11) is 0. The van der Waals surface area contributed by atoms with Gasteiger partial charge in [-0.25, -0.2) is 14.9 Å². The second-order valence-corrected chi connectivity index (χ2v) is 7.21. The van der Waals surface area contributed by atoms with E-state index in [1.165, 1.54) is 11.3 Å². The SMILES string of the molecule is CC(C)c1sc(Cl)nc1C(=O)NC1CCn2c(n[nH]c2=O)C1. The average Bonchev–Trinajstić information content (AvgIpc) is 3.03. The van der Waals surface area contributed by atoms with E-state index in [0.29, 0.717) is 35.4 Å². The molecular weight excluding hydrogens is 326 g/mol. The normalized spacial score (nSPS) is 17.5. The highest BCUT2D eigenvalue weighted by Gasteiger charge is 2.26. The van der Waals surface area contributed by atoms with Gasteiger partial charge in [-0.3, -0.25) is 9.36 Å². The van der Waals surface area contributed by atoms with E-state index in [-0.39, 0.29) is 23.6 Å². The first-order chi connectivity index (χ1) is 10.5. The summed E-state index contributed by atoms with van der Waals surface area (Å²) in [6.45, 7) is 4.55. The van der Waals surface area contributed by atoms with Gasteiger partial charge in [0.2, 0.25) is 0 Å². The molecule has 2 aromatic heterocycles. The third-order valence-electron chi connectivity index (χ3n) is 3.67. The molecule has 0 radical (unpaired) electrons. The Morgan fingerprint density at radius 2 is 2.32 bits per heavy atom. The average molecular weight is 342 g/mol. The van der Waals surface area contributed by atoms with Gasteiger partial charge in [-0.15, -0.1) is 11.3 Å². The van der Waals surface area contributed by atoms with E-state index < -0.39 is 0 Å². The highest BCUT2D eigenvalue weighted by atomic mass is 35.5. The van der Waals surface area contributed by atoms with Crippen LogP contribution < -0.4 is 11.0 Å². The van der Waals surface area contributed by atoms with E-state index in [4.69, 9.17) is 11.6 Å². The van der Waals surface area contributed by atoms with Crippen molar-refractivity contribution in [2.45, 2.75) is 45.2 Å². The molecule has 1 amide bonds.